The van der Waals surface area contributed by atoms with Gasteiger partial charge in [-0.05, 0) is 17.7 Å². The molecule has 108 valence electrons. The average molecular weight is 285 g/mol. The third-order valence-electron chi connectivity index (χ3n) is 2.92. The Kier molecular flexibility index (Phi) is 4.50. The lowest BCUT2D eigenvalue weighted by atomic mass is 10.1. The van der Waals surface area contributed by atoms with Gasteiger partial charge >= 0.3 is 5.97 Å². The van der Waals surface area contributed by atoms with Crippen molar-refractivity contribution in [3.8, 4) is 0 Å². The van der Waals surface area contributed by atoms with Crippen LogP contribution in [0.4, 0.5) is 5.82 Å². The number of nitrogens with two attached hydrogens (primary N) is 1. The molecule has 6 heteroatoms. The van der Waals surface area contributed by atoms with E-state index >= 15 is 0 Å². The number of rotatable bonds is 5. The second-order valence-electron chi connectivity index (χ2n) is 4.28. The van der Waals surface area contributed by atoms with Crippen molar-refractivity contribution in [1.29, 1.82) is 0 Å². The summed E-state index contributed by atoms with van der Waals surface area (Å²) in [5.41, 5.74) is 6.21. The molecule has 3 N–H and O–H groups in total. The summed E-state index contributed by atoms with van der Waals surface area (Å²) in [5.74, 6) is -0.867. The minimum atomic E-state index is -0.774. The van der Waals surface area contributed by atoms with Gasteiger partial charge in [0.05, 0.1) is 12.7 Å². The largest absolute Gasteiger partial charge is 0.467 e. The average Bonchev–Trinajstić information content (AvgIpc) is 2.53. The molecule has 0 saturated carbocycles. The number of ether oxygens (including phenoxy) is 1. The smallest absolute Gasteiger partial charge is 0.333 e. The molecule has 0 saturated heterocycles. The van der Waals surface area contributed by atoms with Gasteiger partial charge in [0.15, 0.2) is 6.04 Å². The molecule has 0 aliphatic carbocycles. The van der Waals surface area contributed by atoms with Crippen LogP contribution in [0.25, 0.3) is 0 Å². The number of amides is 1. The first-order valence-electron chi connectivity index (χ1n) is 6.27. The molecule has 6 nitrogen and oxygen atoms in total. The van der Waals surface area contributed by atoms with Crippen LogP contribution in [0.1, 0.15) is 22.0 Å². The number of methoxy groups -OCH3 is 1. The van der Waals surface area contributed by atoms with Crippen LogP contribution >= 0.6 is 0 Å². The number of esters is 1. The molecule has 21 heavy (non-hydrogen) atoms. The first kappa shape index (κ1) is 14.5. The third-order valence-corrected chi connectivity index (χ3v) is 2.92. The Hall–Kier alpha value is -2.89. The highest BCUT2D eigenvalue weighted by Crippen LogP contribution is 2.21. The van der Waals surface area contributed by atoms with E-state index in [2.05, 4.69) is 10.3 Å². The first-order valence-corrected chi connectivity index (χ1v) is 6.27. The van der Waals surface area contributed by atoms with Gasteiger partial charge in [-0.1, -0.05) is 30.3 Å². The Morgan fingerprint density at radius 2 is 1.90 bits per heavy atom. The van der Waals surface area contributed by atoms with Gasteiger partial charge in [-0.2, -0.15) is 0 Å². The SMILES string of the molecule is COC(=O)C(Nc1ncccc1C(N)=O)c1ccccc1. The third kappa shape index (κ3) is 3.36. The van der Waals surface area contributed by atoms with Crippen molar-refractivity contribution in [1.82, 2.24) is 4.98 Å². The number of carbonyl (C=O) groups is 2. The van der Waals surface area contributed by atoms with E-state index in [9.17, 15) is 9.59 Å². The molecule has 1 amide bonds. The monoisotopic (exact) mass is 285 g/mol. The summed E-state index contributed by atoms with van der Waals surface area (Å²) in [6.07, 6.45) is 1.51. The van der Waals surface area contributed by atoms with Crippen molar-refractivity contribution < 1.29 is 14.3 Å². The molecule has 1 unspecified atom stereocenters. The summed E-state index contributed by atoms with van der Waals surface area (Å²) in [6, 6.07) is 11.4. The number of hydrogen-bond acceptors (Lipinski definition) is 5. The quantitative estimate of drug-likeness (QED) is 0.812. The molecule has 1 heterocycles. The van der Waals surface area contributed by atoms with E-state index < -0.39 is 17.9 Å². The van der Waals surface area contributed by atoms with Gasteiger partial charge in [-0.25, -0.2) is 9.78 Å². The van der Waals surface area contributed by atoms with Gasteiger partial charge in [-0.3, -0.25) is 4.79 Å². The molecule has 0 bridgehead atoms. The summed E-state index contributed by atoms with van der Waals surface area (Å²) in [6.45, 7) is 0. The number of aromatic nitrogens is 1. The highest BCUT2D eigenvalue weighted by molar-refractivity contribution is 5.98. The van der Waals surface area contributed by atoms with Crippen molar-refractivity contribution in [2.45, 2.75) is 6.04 Å². The number of benzene rings is 1. The van der Waals surface area contributed by atoms with Crippen LogP contribution in [0.2, 0.25) is 0 Å². The minimum absolute atomic E-state index is 0.210. The van der Waals surface area contributed by atoms with E-state index in [1.54, 1.807) is 30.3 Å². The fraction of sp³-hybridized carbons (Fsp3) is 0.133. The summed E-state index contributed by atoms with van der Waals surface area (Å²) < 4.78 is 4.79. The molecular weight excluding hydrogens is 270 g/mol. The number of anilines is 1. The van der Waals surface area contributed by atoms with Gasteiger partial charge < -0.3 is 15.8 Å². The molecule has 0 aliphatic rings. The highest BCUT2D eigenvalue weighted by Gasteiger charge is 2.23. The minimum Gasteiger partial charge on any atom is -0.467 e. The second-order valence-corrected chi connectivity index (χ2v) is 4.28. The van der Waals surface area contributed by atoms with Crippen molar-refractivity contribution >= 4 is 17.7 Å². The fourth-order valence-electron chi connectivity index (χ4n) is 1.90. The maximum absolute atomic E-state index is 12.0. The summed E-state index contributed by atoms with van der Waals surface area (Å²) >= 11 is 0. The lowest BCUT2D eigenvalue weighted by molar-refractivity contribution is -0.141. The van der Waals surface area contributed by atoms with Crippen LogP contribution in [-0.2, 0) is 9.53 Å². The molecular formula is C15H15N3O3. The predicted molar refractivity (Wildman–Crippen MR) is 77.6 cm³/mol. The zero-order chi connectivity index (χ0) is 15.2. The van der Waals surface area contributed by atoms with E-state index in [0.717, 1.165) is 0 Å². The van der Waals surface area contributed by atoms with Crippen LogP contribution < -0.4 is 11.1 Å². The van der Waals surface area contributed by atoms with Gasteiger partial charge in [0.25, 0.3) is 5.91 Å². The van der Waals surface area contributed by atoms with Crippen LogP contribution in [0.15, 0.2) is 48.7 Å². The Bertz CT molecular complexity index is 644. The number of hydrogen-bond donors (Lipinski definition) is 2. The van der Waals surface area contributed by atoms with Gasteiger partial charge in [0, 0.05) is 6.20 Å². The van der Waals surface area contributed by atoms with Gasteiger partial charge in [0.2, 0.25) is 0 Å². The Morgan fingerprint density at radius 1 is 1.19 bits per heavy atom. The molecule has 1 atom stereocenters. The maximum atomic E-state index is 12.0. The van der Waals surface area contributed by atoms with E-state index in [1.807, 2.05) is 6.07 Å². The summed E-state index contributed by atoms with van der Waals surface area (Å²) in [5, 5.41) is 2.91. The Labute approximate surface area is 121 Å². The fourth-order valence-corrected chi connectivity index (χ4v) is 1.90. The molecule has 2 aromatic rings. The van der Waals surface area contributed by atoms with Crippen LogP contribution in [0, 0.1) is 0 Å². The van der Waals surface area contributed by atoms with Crippen molar-refractivity contribution in [3.05, 3.63) is 59.8 Å². The van der Waals surface area contributed by atoms with Gasteiger partial charge in [0.1, 0.15) is 5.82 Å². The lowest BCUT2D eigenvalue weighted by Gasteiger charge is -2.18. The Balaban J connectivity index is 2.37. The second kappa shape index (κ2) is 6.51. The number of primary amides is 1. The van der Waals surface area contributed by atoms with Crippen molar-refractivity contribution in [3.63, 3.8) is 0 Å². The van der Waals surface area contributed by atoms with Crippen molar-refractivity contribution in [2.24, 2.45) is 5.73 Å². The summed E-state index contributed by atoms with van der Waals surface area (Å²) in [7, 11) is 1.30. The molecule has 2 rings (SSSR count). The zero-order valence-electron chi connectivity index (χ0n) is 11.4. The van der Waals surface area contributed by atoms with Crippen LogP contribution in [0.5, 0.6) is 0 Å². The lowest BCUT2D eigenvalue weighted by Crippen LogP contribution is -2.25. The molecule has 0 aliphatic heterocycles. The number of pyridine rings is 1. The van der Waals surface area contributed by atoms with E-state index in [-0.39, 0.29) is 11.4 Å². The number of carbonyl (C=O) groups excluding carboxylic acids is 2. The van der Waals surface area contributed by atoms with Crippen LogP contribution in [0.3, 0.4) is 0 Å². The number of nitrogens with one attached hydrogen (secondary N) is 1. The normalized spacial score (nSPS) is 11.5. The van der Waals surface area contributed by atoms with E-state index in [4.69, 9.17) is 10.5 Å². The highest BCUT2D eigenvalue weighted by atomic mass is 16.5. The molecule has 0 fully saturated rings. The predicted octanol–water partition coefficient (Wildman–Crippen LogP) is 1.51. The molecule has 1 aromatic carbocycles. The number of nitrogens with zero attached hydrogens (tertiary/aromatic N) is 1. The molecule has 1 aromatic heterocycles. The van der Waals surface area contributed by atoms with E-state index in [0.29, 0.717) is 5.56 Å². The first-order chi connectivity index (χ1) is 10.1. The molecule has 0 spiro atoms. The zero-order valence-corrected chi connectivity index (χ0v) is 11.4. The topological polar surface area (TPSA) is 94.3 Å². The van der Waals surface area contributed by atoms with Gasteiger partial charge in [-0.15, -0.1) is 0 Å². The molecule has 0 radical (unpaired) electrons. The van der Waals surface area contributed by atoms with Crippen LogP contribution in [-0.4, -0.2) is 24.0 Å². The Morgan fingerprint density at radius 3 is 2.52 bits per heavy atom. The maximum Gasteiger partial charge on any atom is 0.333 e. The standard InChI is InChI=1S/C15H15N3O3/c1-21-15(20)12(10-6-3-2-4-7-10)18-14-11(13(16)19)8-5-9-17-14/h2-9,12H,1H3,(H2,16,19)(H,17,18). The van der Waals surface area contributed by atoms with Crippen molar-refractivity contribution in [2.75, 3.05) is 12.4 Å². The van der Waals surface area contributed by atoms with E-state index in [1.165, 1.54) is 19.4 Å². The summed E-state index contributed by atoms with van der Waals surface area (Å²) in [4.78, 5) is 27.4.